The molecule has 146 valence electrons. The summed E-state index contributed by atoms with van der Waals surface area (Å²) < 4.78 is 30.0. The number of carboxylic acid groups (broad SMARTS) is 1. The second kappa shape index (κ2) is 6.83. The number of aromatic carboxylic acids is 1. The Bertz CT molecular complexity index is 1030. The molecule has 0 aliphatic carbocycles. The van der Waals surface area contributed by atoms with Gasteiger partial charge in [-0.15, -0.1) is 0 Å². The van der Waals surface area contributed by atoms with E-state index in [0.717, 1.165) is 18.1 Å². The summed E-state index contributed by atoms with van der Waals surface area (Å²) in [5.41, 5.74) is 0.503. The third-order valence-corrected chi connectivity index (χ3v) is 5.92. The van der Waals surface area contributed by atoms with Gasteiger partial charge in [0.15, 0.2) is 5.85 Å². The van der Waals surface area contributed by atoms with E-state index < -0.39 is 30.7 Å². The molecule has 0 radical (unpaired) electrons. The maximum absolute atomic E-state index is 13.6. The van der Waals surface area contributed by atoms with Crippen molar-refractivity contribution in [2.24, 2.45) is 0 Å². The number of hydrogen-bond donors (Lipinski definition) is 3. The Labute approximate surface area is 153 Å². The third kappa shape index (κ3) is 3.82. The molecular weight excluding hydrogens is 380 g/mol. The van der Waals surface area contributed by atoms with E-state index in [0.29, 0.717) is 11.9 Å². The SMILES string of the molecule is CC1CCc2cc(F)cc3c(=O)c(C(=O)O)cn1c23.C[C@@H]1O[C@@H]1P(=O)(O)O. The van der Waals surface area contributed by atoms with E-state index in [1.54, 1.807) is 11.5 Å². The van der Waals surface area contributed by atoms with E-state index in [9.17, 15) is 18.5 Å². The molecule has 1 aromatic heterocycles. The normalized spacial score (nSPS) is 23.5. The average Bonchev–Trinajstić information content (AvgIpc) is 3.30. The minimum atomic E-state index is -3.90. The van der Waals surface area contributed by atoms with Crippen molar-refractivity contribution in [1.29, 1.82) is 0 Å². The maximum atomic E-state index is 13.6. The fourth-order valence-electron chi connectivity index (χ4n) is 3.26. The van der Waals surface area contributed by atoms with E-state index in [1.165, 1.54) is 12.3 Å². The van der Waals surface area contributed by atoms with Crippen molar-refractivity contribution in [2.45, 2.75) is 44.7 Å². The van der Waals surface area contributed by atoms with Gasteiger partial charge in [0, 0.05) is 17.6 Å². The van der Waals surface area contributed by atoms with Gasteiger partial charge < -0.3 is 24.2 Å². The first-order valence-electron chi connectivity index (χ1n) is 8.32. The number of aryl methyl sites for hydroxylation is 1. The van der Waals surface area contributed by atoms with Crippen LogP contribution in [0.4, 0.5) is 4.39 Å². The Balaban J connectivity index is 0.000000221. The monoisotopic (exact) mass is 399 g/mol. The van der Waals surface area contributed by atoms with Gasteiger partial charge in [-0.05, 0) is 44.4 Å². The molecule has 1 saturated heterocycles. The molecule has 2 aromatic rings. The van der Waals surface area contributed by atoms with Gasteiger partial charge in [-0.1, -0.05) is 0 Å². The molecule has 10 heteroatoms. The first kappa shape index (κ1) is 19.7. The second-order valence-electron chi connectivity index (χ2n) is 6.75. The van der Waals surface area contributed by atoms with Crippen molar-refractivity contribution in [2.75, 3.05) is 0 Å². The number of pyridine rings is 1. The van der Waals surface area contributed by atoms with Crippen molar-refractivity contribution >= 4 is 24.5 Å². The van der Waals surface area contributed by atoms with Crippen LogP contribution in [-0.2, 0) is 15.7 Å². The number of rotatable bonds is 2. The summed E-state index contributed by atoms with van der Waals surface area (Å²) >= 11 is 0. The van der Waals surface area contributed by atoms with E-state index in [4.69, 9.17) is 14.9 Å². The van der Waals surface area contributed by atoms with Gasteiger partial charge in [-0.25, -0.2) is 9.18 Å². The number of carbonyl (C=O) groups is 1. The molecule has 0 spiro atoms. The molecular formula is C17H19FNO7P. The lowest BCUT2D eigenvalue weighted by Gasteiger charge is -2.26. The number of benzene rings is 1. The zero-order valence-electron chi connectivity index (χ0n) is 14.6. The molecule has 0 bridgehead atoms. The van der Waals surface area contributed by atoms with Crippen LogP contribution in [0, 0.1) is 5.82 Å². The second-order valence-corrected chi connectivity index (χ2v) is 8.44. The van der Waals surface area contributed by atoms with E-state index >= 15 is 0 Å². The predicted octanol–water partition coefficient (Wildman–Crippen LogP) is 2.25. The highest BCUT2D eigenvalue weighted by Gasteiger charge is 2.48. The van der Waals surface area contributed by atoms with Crippen molar-refractivity contribution < 1.29 is 33.4 Å². The Morgan fingerprint density at radius 3 is 2.44 bits per heavy atom. The summed E-state index contributed by atoms with van der Waals surface area (Å²) in [6, 6.07) is 2.64. The van der Waals surface area contributed by atoms with Gasteiger partial charge in [0.2, 0.25) is 5.43 Å². The smallest absolute Gasteiger partial charge is 0.356 e. The minimum Gasteiger partial charge on any atom is -0.477 e. The molecule has 27 heavy (non-hydrogen) atoms. The average molecular weight is 399 g/mol. The van der Waals surface area contributed by atoms with Gasteiger partial charge in [-0.3, -0.25) is 9.36 Å². The Hall–Kier alpha value is -2.06. The number of epoxide rings is 1. The minimum absolute atomic E-state index is 0.0964. The predicted molar refractivity (Wildman–Crippen MR) is 94.5 cm³/mol. The van der Waals surface area contributed by atoms with Crippen LogP contribution in [-0.4, -0.2) is 37.4 Å². The summed E-state index contributed by atoms with van der Waals surface area (Å²) in [6.45, 7) is 3.59. The largest absolute Gasteiger partial charge is 0.477 e. The van der Waals surface area contributed by atoms with Crippen molar-refractivity contribution in [1.82, 2.24) is 4.57 Å². The van der Waals surface area contributed by atoms with Crippen LogP contribution in [0.2, 0.25) is 0 Å². The van der Waals surface area contributed by atoms with Crippen LogP contribution >= 0.6 is 7.60 Å². The quantitative estimate of drug-likeness (QED) is 0.522. The zero-order valence-corrected chi connectivity index (χ0v) is 15.5. The van der Waals surface area contributed by atoms with Crippen LogP contribution in [0.15, 0.2) is 23.1 Å². The molecule has 1 aromatic carbocycles. The highest BCUT2D eigenvalue weighted by atomic mass is 31.2. The lowest BCUT2D eigenvalue weighted by molar-refractivity contribution is 0.0694. The number of halogens is 1. The molecule has 0 amide bonds. The molecule has 4 rings (SSSR count). The number of carboxylic acids is 1. The summed E-state index contributed by atoms with van der Waals surface area (Å²) in [4.78, 5) is 39.9. The molecule has 1 fully saturated rings. The van der Waals surface area contributed by atoms with Crippen molar-refractivity contribution in [3.8, 4) is 0 Å². The third-order valence-electron chi connectivity index (χ3n) is 4.72. The van der Waals surface area contributed by atoms with Gasteiger partial charge in [0.1, 0.15) is 11.4 Å². The lowest BCUT2D eigenvalue weighted by atomic mass is 9.96. The number of ether oxygens (including phenoxy) is 1. The maximum Gasteiger partial charge on any atom is 0.356 e. The number of hydrogen-bond acceptors (Lipinski definition) is 4. The number of nitrogens with zero attached hydrogens (tertiary/aromatic N) is 1. The van der Waals surface area contributed by atoms with Crippen LogP contribution in [0.1, 0.15) is 42.2 Å². The zero-order chi connectivity index (χ0) is 20.1. The molecule has 8 nitrogen and oxygen atoms in total. The van der Waals surface area contributed by atoms with Gasteiger partial charge in [0.25, 0.3) is 0 Å². The summed E-state index contributed by atoms with van der Waals surface area (Å²) in [6.07, 6.45) is 2.61. The van der Waals surface area contributed by atoms with Crippen LogP contribution < -0.4 is 5.43 Å². The van der Waals surface area contributed by atoms with Crippen LogP contribution in [0.5, 0.6) is 0 Å². The first-order chi connectivity index (χ1) is 12.5. The highest BCUT2D eigenvalue weighted by Crippen LogP contribution is 2.52. The standard InChI is InChI=1S/C14H12FNO3.C3H7O4P/c1-7-2-3-8-4-9(15)5-10-12(8)16(7)6-11(13(10)17)14(18)19;1-2-3(7-2)8(4,5)6/h4-7H,2-3H2,1H3,(H,18,19);2-3H,1H3,(H2,4,5,6)/t;2-,3+/m.0/s1. The van der Waals surface area contributed by atoms with Crippen LogP contribution in [0.25, 0.3) is 10.9 Å². The van der Waals surface area contributed by atoms with Crippen molar-refractivity contribution in [3.05, 3.63) is 45.5 Å². The Kier molecular flexibility index (Phi) is 4.98. The Morgan fingerprint density at radius 2 is 1.96 bits per heavy atom. The molecule has 3 N–H and O–H groups in total. The number of aromatic nitrogens is 1. The fraction of sp³-hybridized carbons (Fsp3) is 0.412. The fourth-order valence-corrected chi connectivity index (χ4v) is 4.16. The highest BCUT2D eigenvalue weighted by molar-refractivity contribution is 7.52. The molecule has 2 aliphatic heterocycles. The lowest BCUT2D eigenvalue weighted by Crippen LogP contribution is -2.24. The van der Waals surface area contributed by atoms with Gasteiger partial charge >= 0.3 is 13.6 Å². The molecule has 2 aliphatic rings. The van der Waals surface area contributed by atoms with E-state index in [2.05, 4.69) is 4.74 Å². The molecule has 3 heterocycles. The summed E-state index contributed by atoms with van der Waals surface area (Å²) in [5, 5.41) is 9.24. The van der Waals surface area contributed by atoms with Gasteiger partial charge in [-0.2, -0.15) is 0 Å². The van der Waals surface area contributed by atoms with Gasteiger partial charge in [0.05, 0.1) is 11.6 Å². The van der Waals surface area contributed by atoms with Crippen LogP contribution in [0.3, 0.4) is 0 Å². The van der Waals surface area contributed by atoms with Crippen molar-refractivity contribution in [3.63, 3.8) is 0 Å². The molecule has 3 atom stereocenters. The Morgan fingerprint density at radius 1 is 1.33 bits per heavy atom. The van der Waals surface area contributed by atoms with E-state index in [-0.39, 0.29) is 23.1 Å². The molecule has 0 saturated carbocycles. The summed E-state index contributed by atoms with van der Waals surface area (Å²) in [7, 11) is -3.90. The molecule has 1 unspecified atom stereocenters. The summed E-state index contributed by atoms with van der Waals surface area (Å²) in [5.74, 6) is -2.59. The van der Waals surface area contributed by atoms with E-state index in [1.807, 2.05) is 6.92 Å². The first-order valence-corrected chi connectivity index (χ1v) is 10.00. The topological polar surface area (TPSA) is 129 Å².